The van der Waals surface area contributed by atoms with Crippen molar-refractivity contribution in [1.82, 2.24) is 9.78 Å². The van der Waals surface area contributed by atoms with Crippen molar-refractivity contribution >= 4 is 22.5 Å². The molecule has 0 unspecified atom stereocenters. The molecule has 1 aliphatic carbocycles. The fourth-order valence-corrected chi connectivity index (χ4v) is 2.45. The fourth-order valence-electron chi connectivity index (χ4n) is 2.27. The predicted octanol–water partition coefficient (Wildman–Crippen LogP) is 2.65. The van der Waals surface area contributed by atoms with Gasteiger partial charge in [0.2, 0.25) is 0 Å². The number of aromatic nitrogens is 2. The molecule has 1 aromatic carbocycles. The molecule has 3 rings (SSSR count). The van der Waals surface area contributed by atoms with E-state index >= 15 is 0 Å². The van der Waals surface area contributed by atoms with Crippen molar-refractivity contribution in [3.63, 3.8) is 0 Å². The monoisotopic (exact) mass is 249 g/mol. The van der Waals surface area contributed by atoms with Gasteiger partial charge in [-0.1, -0.05) is 11.6 Å². The van der Waals surface area contributed by atoms with Crippen LogP contribution in [0.2, 0.25) is 5.02 Å². The van der Waals surface area contributed by atoms with Crippen LogP contribution in [0.4, 0.5) is 0 Å². The average Bonchev–Trinajstić information content (AvgIpc) is 2.94. The molecular weight excluding hydrogens is 234 g/mol. The topological polar surface area (TPSA) is 43.8 Å². The van der Waals surface area contributed by atoms with Crippen molar-refractivity contribution in [3.8, 4) is 0 Å². The van der Waals surface area contributed by atoms with Crippen LogP contribution >= 0.6 is 11.6 Å². The standard InChI is InChI=1S/C13H16ClN3/c1-17-12-3-2-9(14)8-10(12)11(16-17)4-5-13(15)6-7-13/h2-3,8H,4-7,15H2,1H3. The molecule has 17 heavy (non-hydrogen) atoms. The Morgan fingerprint density at radius 2 is 2.24 bits per heavy atom. The zero-order chi connectivity index (χ0) is 12.0. The zero-order valence-corrected chi connectivity index (χ0v) is 10.7. The lowest BCUT2D eigenvalue weighted by molar-refractivity contribution is 0.599. The summed E-state index contributed by atoms with van der Waals surface area (Å²) in [6, 6.07) is 5.92. The molecule has 1 fully saturated rings. The van der Waals surface area contributed by atoms with Gasteiger partial charge >= 0.3 is 0 Å². The van der Waals surface area contributed by atoms with E-state index in [2.05, 4.69) is 5.10 Å². The van der Waals surface area contributed by atoms with Crippen LogP contribution in [0, 0.1) is 0 Å². The van der Waals surface area contributed by atoms with Crippen LogP contribution in [-0.2, 0) is 13.5 Å². The molecule has 90 valence electrons. The Kier molecular flexibility index (Phi) is 2.42. The van der Waals surface area contributed by atoms with E-state index in [1.165, 1.54) is 0 Å². The van der Waals surface area contributed by atoms with Crippen LogP contribution in [0.15, 0.2) is 18.2 Å². The first-order valence-electron chi connectivity index (χ1n) is 5.97. The second-order valence-corrected chi connectivity index (χ2v) is 5.53. The Labute approximate surface area is 106 Å². The molecule has 0 aliphatic heterocycles. The van der Waals surface area contributed by atoms with Gasteiger partial charge in [-0.25, -0.2) is 0 Å². The van der Waals surface area contributed by atoms with Crippen molar-refractivity contribution < 1.29 is 0 Å². The number of hydrogen-bond acceptors (Lipinski definition) is 2. The molecule has 3 nitrogen and oxygen atoms in total. The number of benzene rings is 1. The van der Waals surface area contributed by atoms with Crippen molar-refractivity contribution in [2.45, 2.75) is 31.2 Å². The first kappa shape index (κ1) is 11.1. The molecule has 0 spiro atoms. The molecule has 2 aromatic rings. The Balaban J connectivity index is 1.95. The third-order valence-corrected chi connectivity index (χ3v) is 3.88. The van der Waals surface area contributed by atoms with Crippen LogP contribution in [0.5, 0.6) is 0 Å². The summed E-state index contributed by atoms with van der Waals surface area (Å²) >= 11 is 6.04. The summed E-state index contributed by atoms with van der Waals surface area (Å²) in [6.07, 6.45) is 4.26. The lowest BCUT2D eigenvalue weighted by atomic mass is 10.1. The number of rotatable bonds is 3. The van der Waals surface area contributed by atoms with E-state index in [4.69, 9.17) is 17.3 Å². The number of hydrogen-bond donors (Lipinski definition) is 1. The van der Waals surface area contributed by atoms with Crippen LogP contribution in [0.25, 0.3) is 10.9 Å². The minimum Gasteiger partial charge on any atom is -0.325 e. The van der Waals surface area contributed by atoms with Gasteiger partial charge in [0.15, 0.2) is 0 Å². The first-order chi connectivity index (χ1) is 8.07. The van der Waals surface area contributed by atoms with Gasteiger partial charge in [-0.2, -0.15) is 5.10 Å². The fraction of sp³-hybridized carbons (Fsp3) is 0.462. The smallest absolute Gasteiger partial charge is 0.0704 e. The summed E-state index contributed by atoms with van der Waals surface area (Å²) in [5.74, 6) is 0. The molecular formula is C13H16ClN3. The summed E-state index contributed by atoms with van der Waals surface area (Å²) in [5, 5.41) is 6.49. The summed E-state index contributed by atoms with van der Waals surface area (Å²) in [7, 11) is 1.97. The molecule has 0 amide bonds. The Morgan fingerprint density at radius 1 is 1.47 bits per heavy atom. The minimum absolute atomic E-state index is 0.0857. The second kappa shape index (κ2) is 3.72. The molecule has 0 bridgehead atoms. The molecule has 1 heterocycles. The highest BCUT2D eigenvalue weighted by Gasteiger charge is 2.37. The number of aryl methyl sites for hydroxylation is 2. The van der Waals surface area contributed by atoms with Crippen molar-refractivity contribution in [3.05, 3.63) is 28.9 Å². The van der Waals surface area contributed by atoms with Gasteiger partial charge in [0.1, 0.15) is 0 Å². The largest absolute Gasteiger partial charge is 0.325 e. The Hall–Kier alpha value is -1.06. The van der Waals surface area contributed by atoms with Gasteiger partial charge in [0.05, 0.1) is 11.2 Å². The van der Waals surface area contributed by atoms with E-state index in [9.17, 15) is 0 Å². The number of nitrogens with zero attached hydrogens (tertiary/aromatic N) is 2. The quantitative estimate of drug-likeness (QED) is 0.909. The molecule has 0 radical (unpaired) electrons. The Morgan fingerprint density at radius 3 is 2.94 bits per heavy atom. The van der Waals surface area contributed by atoms with Gasteiger partial charge in [0, 0.05) is 23.0 Å². The van der Waals surface area contributed by atoms with Gasteiger partial charge in [-0.15, -0.1) is 0 Å². The number of halogens is 1. The van der Waals surface area contributed by atoms with Crippen LogP contribution in [-0.4, -0.2) is 15.3 Å². The van der Waals surface area contributed by atoms with Gasteiger partial charge < -0.3 is 5.73 Å². The lowest BCUT2D eigenvalue weighted by Crippen LogP contribution is -2.22. The third kappa shape index (κ3) is 2.05. The average molecular weight is 250 g/mol. The maximum Gasteiger partial charge on any atom is 0.0704 e. The summed E-state index contributed by atoms with van der Waals surface area (Å²) < 4.78 is 1.91. The van der Waals surface area contributed by atoms with Gasteiger partial charge in [-0.3, -0.25) is 4.68 Å². The van der Waals surface area contributed by atoms with E-state index < -0.39 is 0 Å². The maximum absolute atomic E-state index is 6.11. The summed E-state index contributed by atoms with van der Waals surface area (Å²) in [4.78, 5) is 0. The van der Waals surface area contributed by atoms with Crippen LogP contribution in [0.1, 0.15) is 25.0 Å². The molecule has 1 aliphatic rings. The molecule has 0 saturated heterocycles. The first-order valence-corrected chi connectivity index (χ1v) is 6.35. The molecule has 0 atom stereocenters. The number of fused-ring (bicyclic) bond motifs is 1. The zero-order valence-electron chi connectivity index (χ0n) is 9.91. The molecule has 1 saturated carbocycles. The normalized spacial score (nSPS) is 17.6. The molecule has 2 N–H and O–H groups in total. The second-order valence-electron chi connectivity index (χ2n) is 5.09. The summed E-state index contributed by atoms with van der Waals surface area (Å²) in [5.41, 5.74) is 8.44. The van der Waals surface area contributed by atoms with E-state index in [0.717, 1.165) is 47.3 Å². The van der Waals surface area contributed by atoms with Gasteiger partial charge in [-0.05, 0) is 43.9 Å². The lowest BCUT2D eigenvalue weighted by Gasteiger charge is -2.05. The minimum atomic E-state index is 0.0857. The van der Waals surface area contributed by atoms with Gasteiger partial charge in [0.25, 0.3) is 0 Å². The Bertz CT molecular complexity index is 569. The summed E-state index contributed by atoms with van der Waals surface area (Å²) in [6.45, 7) is 0. The van der Waals surface area contributed by atoms with E-state index in [1.54, 1.807) is 0 Å². The van der Waals surface area contributed by atoms with Crippen LogP contribution in [0.3, 0.4) is 0 Å². The third-order valence-electron chi connectivity index (χ3n) is 3.64. The number of nitrogens with two attached hydrogens (primary N) is 1. The van der Waals surface area contributed by atoms with Crippen molar-refractivity contribution in [2.24, 2.45) is 12.8 Å². The van der Waals surface area contributed by atoms with Crippen molar-refractivity contribution in [1.29, 1.82) is 0 Å². The van der Waals surface area contributed by atoms with E-state index in [0.29, 0.717) is 0 Å². The van der Waals surface area contributed by atoms with E-state index in [1.807, 2.05) is 29.9 Å². The highest BCUT2D eigenvalue weighted by molar-refractivity contribution is 6.31. The highest BCUT2D eigenvalue weighted by atomic mass is 35.5. The van der Waals surface area contributed by atoms with E-state index in [-0.39, 0.29) is 5.54 Å². The maximum atomic E-state index is 6.11. The SMILES string of the molecule is Cn1nc(CCC2(N)CC2)c2cc(Cl)ccc21. The van der Waals surface area contributed by atoms with Crippen molar-refractivity contribution in [2.75, 3.05) is 0 Å². The highest BCUT2D eigenvalue weighted by Crippen LogP contribution is 2.37. The molecule has 1 aromatic heterocycles. The molecule has 4 heteroatoms. The predicted molar refractivity (Wildman–Crippen MR) is 70.2 cm³/mol. The van der Waals surface area contributed by atoms with Crippen LogP contribution < -0.4 is 5.73 Å².